The van der Waals surface area contributed by atoms with Crippen molar-refractivity contribution in [1.82, 2.24) is 0 Å². The van der Waals surface area contributed by atoms with Crippen LogP contribution < -0.4 is 5.73 Å². The van der Waals surface area contributed by atoms with Gasteiger partial charge < -0.3 is 15.2 Å². The number of hydrogen-bond acceptors (Lipinski definition) is 4. The van der Waals surface area contributed by atoms with Crippen LogP contribution in [0.1, 0.15) is 35.3 Å². The molecule has 0 amide bonds. The van der Waals surface area contributed by atoms with Crippen LogP contribution >= 0.6 is 0 Å². The van der Waals surface area contributed by atoms with Gasteiger partial charge in [0.05, 0.1) is 12.2 Å². The van der Waals surface area contributed by atoms with Crippen LogP contribution in [-0.4, -0.2) is 25.3 Å². The quantitative estimate of drug-likeness (QED) is 0.645. The largest absolute Gasteiger partial charge is 0.457 e. The Kier molecular flexibility index (Phi) is 5.16. The van der Waals surface area contributed by atoms with Gasteiger partial charge in [-0.1, -0.05) is 0 Å². The van der Waals surface area contributed by atoms with Crippen molar-refractivity contribution in [2.75, 3.05) is 18.9 Å². The van der Waals surface area contributed by atoms with Crippen molar-refractivity contribution >= 4 is 11.7 Å². The van der Waals surface area contributed by atoms with E-state index in [1.54, 1.807) is 6.07 Å². The number of hydrogen-bond donors (Lipinski definition) is 1. The number of nitrogen functional groups attached to an aromatic ring is 1. The van der Waals surface area contributed by atoms with Crippen molar-refractivity contribution in [2.45, 2.75) is 33.8 Å². The first-order valence-corrected chi connectivity index (χ1v) is 6.11. The van der Waals surface area contributed by atoms with Crippen molar-refractivity contribution in [3.8, 4) is 0 Å². The van der Waals surface area contributed by atoms with E-state index in [9.17, 15) is 4.79 Å². The van der Waals surface area contributed by atoms with Crippen LogP contribution in [0.15, 0.2) is 12.1 Å². The molecule has 0 saturated carbocycles. The van der Waals surface area contributed by atoms with Crippen molar-refractivity contribution in [1.29, 1.82) is 0 Å². The molecule has 0 fully saturated rings. The molecule has 1 atom stereocenters. The third-order valence-corrected chi connectivity index (χ3v) is 2.77. The second kappa shape index (κ2) is 6.40. The number of aryl methyl sites for hydroxylation is 1. The lowest BCUT2D eigenvalue weighted by atomic mass is 10.0. The molecule has 2 N–H and O–H groups in total. The van der Waals surface area contributed by atoms with Crippen molar-refractivity contribution in [3.63, 3.8) is 0 Å². The van der Waals surface area contributed by atoms with Gasteiger partial charge in [0.15, 0.2) is 0 Å². The summed E-state index contributed by atoms with van der Waals surface area (Å²) in [6.07, 6.45) is -0.265. The molecule has 0 saturated heterocycles. The van der Waals surface area contributed by atoms with Gasteiger partial charge in [-0.25, -0.2) is 4.79 Å². The van der Waals surface area contributed by atoms with E-state index >= 15 is 0 Å². The number of ether oxygens (including phenoxy) is 2. The van der Waals surface area contributed by atoms with E-state index in [0.717, 1.165) is 11.1 Å². The maximum Gasteiger partial charge on any atom is 0.338 e. The summed E-state index contributed by atoms with van der Waals surface area (Å²) in [5.74, 6) is -0.352. The van der Waals surface area contributed by atoms with Gasteiger partial charge in [0.25, 0.3) is 0 Å². The zero-order valence-corrected chi connectivity index (χ0v) is 11.4. The fraction of sp³-hybridized carbons (Fsp3) is 0.500. The molecule has 0 aliphatic carbocycles. The Bertz CT molecular complexity index is 429. The van der Waals surface area contributed by atoms with Gasteiger partial charge in [-0.15, -0.1) is 0 Å². The predicted octanol–water partition coefficient (Wildman–Crippen LogP) is 2.47. The average molecular weight is 251 g/mol. The van der Waals surface area contributed by atoms with Gasteiger partial charge in [0.1, 0.15) is 6.10 Å². The molecule has 1 aromatic carbocycles. The summed E-state index contributed by atoms with van der Waals surface area (Å²) in [6, 6.07) is 3.49. The molecule has 0 aliphatic heterocycles. The van der Waals surface area contributed by atoms with Gasteiger partial charge >= 0.3 is 5.97 Å². The lowest BCUT2D eigenvalue weighted by Gasteiger charge is -2.15. The Labute approximate surface area is 108 Å². The molecule has 1 rings (SSSR count). The zero-order valence-electron chi connectivity index (χ0n) is 11.4. The zero-order chi connectivity index (χ0) is 13.7. The second-order valence-corrected chi connectivity index (χ2v) is 4.39. The minimum atomic E-state index is -0.352. The Balaban J connectivity index is 2.78. The van der Waals surface area contributed by atoms with Crippen LogP contribution in [0.5, 0.6) is 0 Å². The Morgan fingerprint density at radius 1 is 1.39 bits per heavy atom. The van der Waals surface area contributed by atoms with Crippen molar-refractivity contribution in [3.05, 3.63) is 28.8 Å². The minimum Gasteiger partial charge on any atom is -0.457 e. The first kappa shape index (κ1) is 14.5. The van der Waals surface area contributed by atoms with Gasteiger partial charge in [0.2, 0.25) is 0 Å². The number of esters is 1. The molecular formula is C14H21NO3. The van der Waals surface area contributed by atoms with Crippen LogP contribution in [0.4, 0.5) is 5.69 Å². The first-order valence-electron chi connectivity index (χ1n) is 6.11. The maximum atomic E-state index is 12.0. The highest BCUT2D eigenvalue weighted by molar-refractivity contribution is 5.92. The van der Waals surface area contributed by atoms with Crippen LogP contribution in [0.2, 0.25) is 0 Å². The van der Waals surface area contributed by atoms with Gasteiger partial charge in [0, 0.05) is 12.3 Å². The maximum absolute atomic E-state index is 12.0. The molecule has 4 heteroatoms. The molecular weight excluding hydrogens is 230 g/mol. The number of carbonyl (C=O) groups excluding carboxylic acids is 1. The van der Waals surface area contributed by atoms with E-state index in [4.69, 9.17) is 15.2 Å². The van der Waals surface area contributed by atoms with Crippen LogP contribution in [0, 0.1) is 13.8 Å². The number of rotatable bonds is 5. The number of nitrogens with two attached hydrogens (primary N) is 1. The molecule has 100 valence electrons. The van der Waals surface area contributed by atoms with Gasteiger partial charge in [-0.2, -0.15) is 0 Å². The highest BCUT2D eigenvalue weighted by atomic mass is 16.6. The normalized spacial score (nSPS) is 12.2. The molecule has 0 aromatic heterocycles. The van der Waals surface area contributed by atoms with Crippen molar-refractivity contribution in [2.24, 2.45) is 0 Å². The van der Waals surface area contributed by atoms with Crippen LogP contribution in [-0.2, 0) is 9.47 Å². The fourth-order valence-electron chi connectivity index (χ4n) is 1.66. The van der Waals surface area contributed by atoms with E-state index in [2.05, 4.69) is 0 Å². The average Bonchev–Trinajstić information content (AvgIpc) is 2.30. The van der Waals surface area contributed by atoms with Crippen LogP contribution in [0.3, 0.4) is 0 Å². The SMILES string of the molecule is CCOCC(C)OC(=O)c1cc(N)cc(C)c1C. The molecule has 1 unspecified atom stereocenters. The number of carbonyl (C=O) groups is 1. The summed E-state index contributed by atoms with van der Waals surface area (Å²) in [6.45, 7) is 8.54. The van der Waals surface area contributed by atoms with E-state index < -0.39 is 0 Å². The van der Waals surface area contributed by atoms with E-state index in [-0.39, 0.29) is 12.1 Å². The Hall–Kier alpha value is -1.55. The molecule has 18 heavy (non-hydrogen) atoms. The molecule has 4 nitrogen and oxygen atoms in total. The third kappa shape index (κ3) is 3.74. The van der Waals surface area contributed by atoms with Crippen LogP contribution in [0.25, 0.3) is 0 Å². The van der Waals surface area contributed by atoms with E-state index in [0.29, 0.717) is 24.5 Å². The van der Waals surface area contributed by atoms with Crippen molar-refractivity contribution < 1.29 is 14.3 Å². The summed E-state index contributed by atoms with van der Waals surface area (Å²) in [5, 5.41) is 0. The fourth-order valence-corrected chi connectivity index (χ4v) is 1.66. The summed E-state index contributed by atoms with van der Waals surface area (Å²) in [5.41, 5.74) is 8.73. The summed E-state index contributed by atoms with van der Waals surface area (Å²) in [7, 11) is 0. The number of benzene rings is 1. The van der Waals surface area contributed by atoms with E-state index in [1.807, 2.05) is 33.8 Å². The monoisotopic (exact) mass is 251 g/mol. The third-order valence-electron chi connectivity index (χ3n) is 2.77. The summed E-state index contributed by atoms with van der Waals surface area (Å²) < 4.78 is 10.5. The lowest BCUT2D eigenvalue weighted by Crippen LogP contribution is -2.21. The predicted molar refractivity (Wildman–Crippen MR) is 71.7 cm³/mol. The standard InChI is InChI=1S/C14H21NO3/c1-5-17-8-10(3)18-14(16)13-7-12(15)6-9(2)11(13)4/h6-7,10H,5,8,15H2,1-4H3. The molecule has 0 radical (unpaired) electrons. The molecule has 0 aliphatic rings. The highest BCUT2D eigenvalue weighted by Crippen LogP contribution is 2.19. The highest BCUT2D eigenvalue weighted by Gasteiger charge is 2.16. The molecule has 0 spiro atoms. The topological polar surface area (TPSA) is 61.5 Å². The van der Waals surface area contributed by atoms with Gasteiger partial charge in [-0.3, -0.25) is 0 Å². The van der Waals surface area contributed by atoms with E-state index in [1.165, 1.54) is 0 Å². The Morgan fingerprint density at radius 2 is 2.06 bits per heavy atom. The molecule has 0 heterocycles. The smallest absolute Gasteiger partial charge is 0.338 e. The number of anilines is 1. The lowest BCUT2D eigenvalue weighted by molar-refractivity contribution is 0.00433. The summed E-state index contributed by atoms with van der Waals surface area (Å²) >= 11 is 0. The second-order valence-electron chi connectivity index (χ2n) is 4.39. The minimum absolute atomic E-state index is 0.265. The molecule has 0 bridgehead atoms. The van der Waals surface area contributed by atoms with Gasteiger partial charge in [-0.05, 0) is 51.0 Å². The summed E-state index contributed by atoms with van der Waals surface area (Å²) in [4.78, 5) is 12.0. The first-order chi connectivity index (χ1) is 8.45. The molecule has 1 aromatic rings. The Morgan fingerprint density at radius 3 is 2.67 bits per heavy atom.